The summed E-state index contributed by atoms with van der Waals surface area (Å²) in [5.74, 6) is 0.930. The van der Waals surface area contributed by atoms with Gasteiger partial charge in [-0.25, -0.2) is 4.98 Å². The molecule has 0 radical (unpaired) electrons. The van der Waals surface area contributed by atoms with Gasteiger partial charge < -0.3 is 10.5 Å². The van der Waals surface area contributed by atoms with Crippen molar-refractivity contribution in [2.45, 2.75) is 6.92 Å². The first-order valence-corrected chi connectivity index (χ1v) is 5.29. The monoisotopic (exact) mass is 250 g/mol. The minimum atomic E-state index is 0.290. The van der Waals surface area contributed by atoms with Crippen molar-refractivity contribution in [3.63, 3.8) is 0 Å². The molecular formula is C11H11ClN4O. The molecular weight excluding hydrogens is 240 g/mol. The van der Waals surface area contributed by atoms with E-state index < -0.39 is 0 Å². The summed E-state index contributed by atoms with van der Waals surface area (Å²) in [6.45, 7) is 1.90. The molecule has 0 aliphatic heterocycles. The van der Waals surface area contributed by atoms with Gasteiger partial charge >= 0.3 is 0 Å². The number of ether oxygens (including phenoxy) is 1. The molecule has 2 aromatic rings. The zero-order valence-corrected chi connectivity index (χ0v) is 10.2. The Morgan fingerprint density at radius 1 is 1.35 bits per heavy atom. The van der Waals surface area contributed by atoms with Crippen LogP contribution in [0.4, 0.5) is 5.82 Å². The maximum absolute atomic E-state index is 6.08. The van der Waals surface area contributed by atoms with Crippen molar-refractivity contribution in [3.05, 3.63) is 29.0 Å². The number of methoxy groups -OCH3 is 1. The first-order chi connectivity index (χ1) is 8.13. The van der Waals surface area contributed by atoms with Gasteiger partial charge in [-0.1, -0.05) is 11.6 Å². The molecule has 2 N–H and O–H groups in total. The summed E-state index contributed by atoms with van der Waals surface area (Å²) < 4.78 is 5.28. The van der Waals surface area contributed by atoms with Crippen LogP contribution in [0.1, 0.15) is 5.56 Å². The van der Waals surface area contributed by atoms with Gasteiger partial charge in [0.25, 0.3) is 0 Å². The number of rotatable bonds is 2. The van der Waals surface area contributed by atoms with Gasteiger partial charge in [-0.2, -0.15) is 0 Å². The highest BCUT2D eigenvalue weighted by Crippen LogP contribution is 2.35. The summed E-state index contributed by atoms with van der Waals surface area (Å²) in [6.07, 6.45) is 1.29. The Bertz CT molecular complexity index is 559. The van der Waals surface area contributed by atoms with E-state index in [4.69, 9.17) is 22.1 Å². The van der Waals surface area contributed by atoms with E-state index in [0.29, 0.717) is 27.8 Å². The minimum absolute atomic E-state index is 0.290. The summed E-state index contributed by atoms with van der Waals surface area (Å²) in [7, 11) is 1.58. The molecule has 1 aromatic carbocycles. The Hall–Kier alpha value is -1.88. The zero-order valence-electron chi connectivity index (χ0n) is 9.44. The highest BCUT2D eigenvalue weighted by Gasteiger charge is 2.13. The Balaban J connectivity index is 2.67. The molecule has 0 saturated carbocycles. The zero-order chi connectivity index (χ0) is 12.4. The van der Waals surface area contributed by atoms with Gasteiger partial charge in [0, 0.05) is 10.6 Å². The highest BCUT2D eigenvalue weighted by atomic mass is 35.5. The smallest absolute Gasteiger partial charge is 0.153 e. The molecule has 0 spiro atoms. The fraction of sp³-hybridized carbons (Fsp3) is 0.182. The summed E-state index contributed by atoms with van der Waals surface area (Å²) in [5.41, 5.74) is 7.82. The van der Waals surface area contributed by atoms with Crippen LogP contribution in [0.3, 0.4) is 0 Å². The topological polar surface area (TPSA) is 73.9 Å². The molecule has 0 bridgehead atoms. The van der Waals surface area contributed by atoms with Crippen LogP contribution >= 0.6 is 11.6 Å². The average Bonchev–Trinajstić information content (AvgIpc) is 2.33. The van der Waals surface area contributed by atoms with Crippen LogP contribution in [-0.2, 0) is 0 Å². The SMILES string of the molecule is COc1cc(C)c(Cl)cc1-c1nncnc1N. The molecule has 0 aliphatic carbocycles. The van der Waals surface area contributed by atoms with Crippen LogP contribution in [0, 0.1) is 6.92 Å². The van der Waals surface area contributed by atoms with E-state index in [1.54, 1.807) is 13.2 Å². The molecule has 1 heterocycles. The second kappa shape index (κ2) is 4.55. The average molecular weight is 251 g/mol. The van der Waals surface area contributed by atoms with E-state index in [0.717, 1.165) is 5.56 Å². The van der Waals surface area contributed by atoms with Crippen LogP contribution in [0.25, 0.3) is 11.3 Å². The fourth-order valence-corrected chi connectivity index (χ4v) is 1.65. The Morgan fingerprint density at radius 3 is 2.76 bits per heavy atom. The van der Waals surface area contributed by atoms with Crippen molar-refractivity contribution < 1.29 is 4.74 Å². The standard InChI is InChI=1S/C11H11ClN4O/c1-6-3-9(17-2)7(4-8(6)12)10-11(13)14-5-15-16-10/h3-5H,1-2H3,(H2,13,14,15). The van der Waals surface area contributed by atoms with Gasteiger partial charge in [-0.15, -0.1) is 10.2 Å². The predicted octanol–water partition coefficient (Wildman–Crippen LogP) is 2.09. The van der Waals surface area contributed by atoms with Gasteiger partial charge in [-0.3, -0.25) is 0 Å². The number of benzene rings is 1. The molecule has 0 saturated heterocycles. The van der Waals surface area contributed by atoms with Crippen LogP contribution < -0.4 is 10.5 Å². The summed E-state index contributed by atoms with van der Waals surface area (Å²) in [5, 5.41) is 8.28. The van der Waals surface area contributed by atoms with Crippen LogP contribution in [0.5, 0.6) is 5.75 Å². The van der Waals surface area contributed by atoms with Gasteiger partial charge in [0.15, 0.2) is 5.82 Å². The Kier molecular flexibility index (Phi) is 3.10. The van der Waals surface area contributed by atoms with E-state index in [1.165, 1.54) is 6.33 Å². The molecule has 88 valence electrons. The lowest BCUT2D eigenvalue weighted by molar-refractivity contribution is 0.416. The van der Waals surface area contributed by atoms with E-state index >= 15 is 0 Å². The second-order valence-electron chi connectivity index (χ2n) is 3.50. The van der Waals surface area contributed by atoms with E-state index in [1.807, 2.05) is 13.0 Å². The van der Waals surface area contributed by atoms with E-state index in [9.17, 15) is 0 Å². The number of aryl methyl sites for hydroxylation is 1. The molecule has 0 fully saturated rings. The van der Waals surface area contributed by atoms with Crippen molar-refractivity contribution in [2.75, 3.05) is 12.8 Å². The molecule has 0 atom stereocenters. The van der Waals surface area contributed by atoms with Crippen molar-refractivity contribution in [2.24, 2.45) is 0 Å². The summed E-state index contributed by atoms with van der Waals surface area (Å²) >= 11 is 6.08. The number of hydrogen-bond donors (Lipinski definition) is 1. The van der Waals surface area contributed by atoms with Crippen LogP contribution in [-0.4, -0.2) is 22.3 Å². The molecule has 5 nitrogen and oxygen atoms in total. The van der Waals surface area contributed by atoms with Gasteiger partial charge in [0.05, 0.1) is 7.11 Å². The van der Waals surface area contributed by atoms with Gasteiger partial charge in [-0.05, 0) is 24.6 Å². The lowest BCUT2D eigenvalue weighted by atomic mass is 10.1. The first-order valence-electron chi connectivity index (χ1n) is 4.91. The van der Waals surface area contributed by atoms with Gasteiger partial charge in [0.2, 0.25) is 0 Å². The molecule has 6 heteroatoms. The lowest BCUT2D eigenvalue weighted by Gasteiger charge is -2.10. The Labute approximate surface area is 104 Å². The first kappa shape index (κ1) is 11.6. The van der Waals surface area contributed by atoms with Gasteiger partial charge in [0.1, 0.15) is 17.8 Å². The van der Waals surface area contributed by atoms with E-state index in [-0.39, 0.29) is 0 Å². The van der Waals surface area contributed by atoms with Crippen LogP contribution in [0.15, 0.2) is 18.5 Å². The third-order valence-electron chi connectivity index (χ3n) is 2.38. The molecule has 2 rings (SSSR count). The molecule has 0 unspecified atom stereocenters. The third kappa shape index (κ3) is 2.14. The number of anilines is 1. The van der Waals surface area contributed by atoms with Crippen molar-refractivity contribution in [1.29, 1.82) is 0 Å². The summed E-state index contributed by atoms with van der Waals surface area (Å²) in [6, 6.07) is 3.57. The summed E-state index contributed by atoms with van der Waals surface area (Å²) in [4.78, 5) is 3.89. The van der Waals surface area contributed by atoms with Crippen molar-refractivity contribution in [1.82, 2.24) is 15.2 Å². The maximum Gasteiger partial charge on any atom is 0.153 e. The number of nitrogen functional groups attached to an aromatic ring is 1. The fourth-order valence-electron chi connectivity index (χ4n) is 1.48. The van der Waals surface area contributed by atoms with Crippen molar-refractivity contribution >= 4 is 17.4 Å². The Morgan fingerprint density at radius 2 is 2.12 bits per heavy atom. The van der Waals surface area contributed by atoms with Crippen molar-refractivity contribution in [3.8, 4) is 17.0 Å². The lowest BCUT2D eigenvalue weighted by Crippen LogP contribution is -2.00. The second-order valence-corrected chi connectivity index (χ2v) is 3.90. The maximum atomic E-state index is 6.08. The van der Waals surface area contributed by atoms with Crippen LogP contribution in [0.2, 0.25) is 5.02 Å². The molecule has 1 aromatic heterocycles. The number of hydrogen-bond acceptors (Lipinski definition) is 5. The molecule has 0 amide bonds. The number of halogens is 1. The number of aromatic nitrogens is 3. The molecule has 17 heavy (non-hydrogen) atoms. The minimum Gasteiger partial charge on any atom is -0.496 e. The normalized spacial score (nSPS) is 10.3. The quantitative estimate of drug-likeness (QED) is 0.883. The number of nitrogens with zero attached hydrogens (tertiary/aromatic N) is 3. The number of nitrogens with two attached hydrogens (primary N) is 1. The largest absolute Gasteiger partial charge is 0.496 e. The molecule has 0 aliphatic rings. The predicted molar refractivity (Wildman–Crippen MR) is 66.0 cm³/mol. The van der Waals surface area contributed by atoms with E-state index in [2.05, 4.69) is 15.2 Å². The third-order valence-corrected chi connectivity index (χ3v) is 2.79. The highest BCUT2D eigenvalue weighted by molar-refractivity contribution is 6.31.